The zero-order valence-corrected chi connectivity index (χ0v) is 14.6. The van der Waals surface area contributed by atoms with Gasteiger partial charge in [0.05, 0.1) is 30.1 Å². The van der Waals surface area contributed by atoms with Gasteiger partial charge in [0, 0.05) is 5.56 Å². The Labute approximate surface area is 150 Å². The van der Waals surface area contributed by atoms with Crippen LogP contribution in [0.5, 0.6) is 0 Å². The molecule has 0 saturated carbocycles. The molecule has 0 aliphatic rings. The van der Waals surface area contributed by atoms with E-state index in [2.05, 4.69) is 0 Å². The van der Waals surface area contributed by atoms with Gasteiger partial charge in [0.2, 0.25) is 15.9 Å². The maximum absolute atomic E-state index is 11.9. The quantitative estimate of drug-likeness (QED) is 0.427. The first-order chi connectivity index (χ1) is 12.2. The second-order valence-electron chi connectivity index (χ2n) is 5.92. The Morgan fingerprint density at radius 2 is 1.58 bits per heavy atom. The maximum Gasteiger partial charge on any atom is 0.249 e. The van der Waals surface area contributed by atoms with Crippen LogP contribution in [0, 0.1) is 0 Å². The smallest absolute Gasteiger partial charge is 0.249 e. The van der Waals surface area contributed by atoms with Gasteiger partial charge < -0.3 is 21.1 Å². The third-order valence-electron chi connectivity index (χ3n) is 4.24. The Morgan fingerprint density at radius 1 is 1.00 bits per heavy atom. The molecule has 0 radical (unpaired) electrons. The number of aliphatic hydroxyl groups excluding tert-OH is 3. The number of carbonyl (C=O) groups is 1. The number of rotatable bonds is 7. The second kappa shape index (κ2) is 7.52. The van der Waals surface area contributed by atoms with Crippen LogP contribution in [-0.4, -0.2) is 49.5 Å². The highest BCUT2D eigenvalue weighted by molar-refractivity contribution is 7.89. The van der Waals surface area contributed by atoms with E-state index in [-0.39, 0.29) is 16.0 Å². The number of carbonyl (C=O) groups excluding carboxylic acids is 1. The Hall–Kier alpha value is -2.30. The fourth-order valence-corrected chi connectivity index (χ4v) is 3.36. The summed E-state index contributed by atoms with van der Waals surface area (Å²) in [5.74, 6) is -0.816. The molecule has 1 amide bonds. The molecule has 0 atom stereocenters. The van der Waals surface area contributed by atoms with Crippen LogP contribution in [0.2, 0.25) is 0 Å². The zero-order chi connectivity index (χ0) is 19.5. The molecule has 0 spiro atoms. The van der Waals surface area contributed by atoms with Gasteiger partial charge in [-0.15, -0.1) is 0 Å². The van der Waals surface area contributed by atoms with Crippen molar-refractivity contribution in [2.75, 3.05) is 19.8 Å². The highest BCUT2D eigenvalue weighted by atomic mass is 32.2. The number of hydrogen-bond donors (Lipinski definition) is 5. The van der Waals surface area contributed by atoms with Crippen molar-refractivity contribution in [1.29, 1.82) is 0 Å². The van der Waals surface area contributed by atoms with E-state index in [1.807, 2.05) is 0 Å². The number of primary amides is 1. The van der Waals surface area contributed by atoms with Crippen molar-refractivity contribution in [1.82, 2.24) is 0 Å². The van der Waals surface area contributed by atoms with E-state index < -0.39 is 41.2 Å². The van der Waals surface area contributed by atoms with Gasteiger partial charge in [0.1, 0.15) is 0 Å². The number of sulfonamides is 1. The van der Waals surface area contributed by atoms with Crippen LogP contribution >= 0.6 is 0 Å². The molecular formula is C17H20N2O6S. The average molecular weight is 380 g/mol. The summed E-state index contributed by atoms with van der Waals surface area (Å²) in [5, 5.41) is 34.6. The van der Waals surface area contributed by atoms with Crippen molar-refractivity contribution in [3.8, 4) is 11.1 Å². The lowest BCUT2D eigenvalue weighted by molar-refractivity contribution is 0.0635. The first-order valence-electron chi connectivity index (χ1n) is 7.59. The van der Waals surface area contributed by atoms with E-state index in [9.17, 15) is 28.5 Å². The minimum absolute atomic E-state index is 0.000610. The highest BCUT2D eigenvalue weighted by Crippen LogP contribution is 2.36. The second-order valence-corrected chi connectivity index (χ2v) is 7.48. The molecule has 26 heavy (non-hydrogen) atoms. The van der Waals surface area contributed by atoms with Crippen LogP contribution in [0.25, 0.3) is 11.1 Å². The molecule has 0 bridgehead atoms. The topological polar surface area (TPSA) is 164 Å². The van der Waals surface area contributed by atoms with E-state index in [1.165, 1.54) is 30.3 Å². The number of aliphatic hydroxyl groups is 3. The van der Waals surface area contributed by atoms with Crippen molar-refractivity contribution in [3.63, 3.8) is 0 Å². The first-order valence-corrected chi connectivity index (χ1v) is 9.14. The standard InChI is InChI=1S/C17H20N2O6S/c18-16(23)14-6-2-5-13(15(14)17(8-20,9-21)10-22)11-3-1-4-12(7-11)26(19,24)25/h1-7,20-22H,8-10H2,(H2,18,23)(H2,19,24,25). The molecule has 0 fully saturated rings. The minimum atomic E-state index is -3.96. The van der Waals surface area contributed by atoms with Crippen molar-refractivity contribution in [3.05, 3.63) is 53.6 Å². The van der Waals surface area contributed by atoms with Gasteiger partial charge in [-0.2, -0.15) is 0 Å². The highest BCUT2D eigenvalue weighted by Gasteiger charge is 2.36. The number of hydrogen-bond acceptors (Lipinski definition) is 6. The first kappa shape index (κ1) is 20.0. The molecule has 7 N–H and O–H groups in total. The SMILES string of the molecule is NC(=O)c1cccc(-c2cccc(S(N)(=O)=O)c2)c1C(CO)(CO)CO. The number of nitrogens with two attached hydrogens (primary N) is 2. The van der Waals surface area contributed by atoms with E-state index in [0.29, 0.717) is 11.1 Å². The lowest BCUT2D eigenvalue weighted by Crippen LogP contribution is -2.41. The number of benzene rings is 2. The molecule has 0 aliphatic heterocycles. The normalized spacial score (nSPS) is 12.2. The third-order valence-corrected chi connectivity index (χ3v) is 5.15. The molecule has 0 aromatic heterocycles. The van der Waals surface area contributed by atoms with Crippen molar-refractivity contribution >= 4 is 15.9 Å². The maximum atomic E-state index is 11.9. The van der Waals surface area contributed by atoms with Crippen LogP contribution in [0.3, 0.4) is 0 Å². The average Bonchev–Trinajstić information content (AvgIpc) is 2.63. The summed E-state index contributed by atoms with van der Waals surface area (Å²) in [6.45, 7) is -1.98. The van der Waals surface area contributed by atoms with E-state index in [1.54, 1.807) is 12.1 Å². The van der Waals surface area contributed by atoms with Gasteiger partial charge in [-0.25, -0.2) is 13.6 Å². The van der Waals surface area contributed by atoms with Crippen molar-refractivity contribution < 1.29 is 28.5 Å². The molecule has 0 heterocycles. The molecule has 0 unspecified atom stereocenters. The van der Waals surface area contributed by atoms with Gasteiger partial charge >= 0.3 is 0 Å². The van der Waals surface area contributed by atoms with Crippen molar-refractivity contribution in [2.45, 2.75) is 10.3 Å². The Bertz CT molecular complexity index is 914. The van der Waals surface area contributed by atoms with Crippen LogP contribution in [0.4, 0.5) is 0 Å². The van der Waals surface area contributed by atoms with E-state index >= 15 is 0 Å². The van der Waals surface area contributed by atoms with Gasteiger partial charge in [-0.05, 0) is 34.9 Å². The summed E-state index contributed by atoms with van der Waals surface area (Å²) in [6, 6.07) is 10.2. The Kier molecular flexibility index (Phi) is 5.79. The van der Waals surface area contributed by atoms with Gasteiger partial charge in [0.15, 0.2) is 0 Å². The van der Waals surface area contributed by atoms with Crippen LogP contribution in [0.1, 0.15) is 15.9 Å². The molecule has 140 valence electrons. The zero-order valence-electron chi connectivity index (χ0n) is 13.8. The molecule has 0 saturated heterocycles. The number of primary sulfonamides is 1. The minimum Gasteiger partial charge on any atom is -0.395 e. The molecule has 2 rings (SSSR count). The molecule has 2 aromatic carbocycles. The Morgan fingerprint density at radius 3 is 2.08 bits per heavy atom. The molecule has 0 aliphatic carbocycles. The van der Waals surface area contributed by atoms with Gasteiger partial charge in [0.25, 0.3) is 0 Å². The molecule has 2 aromatic rings. The molecular weight excluding hydrogens is 360 g/mol. The van der Waals surface area contributed by atoms with Crippen LogP contribution in [-0.2, 0) is 15.4 Å². The molecule has 9 heteroatoms. The summed E-state index contributed by atoms with van der Waals surface area (Å²) >= 11 is 0. The lowest BCUT2D eigenvalue weighted by atomic mass is 9.76. The fraction of sp³-hybridized carbons (Fsp3) is 0.235. The van der Waals surface area contributed by atoms with E-state index in [4.69, 9.17) is 10.9 Å². The summed E-state index contributed by atoms with van der Waals surface area (Å²) in [7, 11) is -3.96. The third kappa shape index (κ3) is 3.62. The van der Waals surface area contributed by atoms with Crippen LogP contribution in [0.15, 0.2) is 47.4 Å². The molecule has 8 nitrogen and oxygen atoms in total. The number of amides is 1. The monoisotopic (exact) mass is 380 g/mol. The largest absolute Gasteiger partial charge is 0.395 e. The predicted molar refractivity (Wildman–Crippen MR) is 94.7 cm³/mol. The lowest BCUT2D eigenvalue weighted by Gasteiger charge is -2.32. The van der Waals surface area contributed by atoms with Crippen LogP contribution < -0.4 is 10.9 Å². The summed E-state index contributed by atoms with van der Waals surface area (Å²) in [5.41, 5.74) is 4.70. The fourth-order valence-electron chi connectivity index (χ4n) is 2.80. The summed E-state index contributed by atoms with van der Waals surface area (Å²) in [6.07, 6.45) is 0. The van der Waals surface area contributed by atoms with Gasteiger partial charge in [-0.3, -0.25) is 4.79 Å². The Balaban J connectivity index is 2.87. The van der Waals surface area contributed by atoms with Gasteiger partial charge in [-0.1, -0.05) is 24.3 Å². The predicted octanol–water partition coefficient (Wildman–Crippen LogP) is -0.685. The summed E-state index contributed by atoms with van der Waals surface area (Å²) < 4.78 is 23.3. The summed E-state index contributed by atoms with van der Waals surface area (Å²) in [4.78, 5) is 11.7. The van der Waals surface area contributed by atoms with E-state index in [0.717, 1.165) is 0 Å². The van der Waals surface area contributed by atoms with Crippen molar-refractivity contribution in [2.24, 2.45) is 10.9 Å².